The minimum Gasteiger partial charge on any atom is -0.320 e. The van der Waals surface area contributed by atoms with Crippen molar-refractivity contribution in [3.8, 4) is 5.69 Å². The van der Waals surface area contributed by atoms with Crippen LogP contribution in [0.2, 0.25) is 0 Å². The van der Waals surface area contributed by atoms with Gasteiger partial charge in [-0.2, -0.15) is 35.4 Å². The summed E-state index contributed by atoms with van der Waals surface area (Å²) in [6.45, 7) is 0. The van der Waals surface area contributed by atoms with Crippen LogP contribution in [0.4, 0.5) is 0 Å². The Hall–Kier alpha value is -1.57. The Morgan fingerprint density at radius 2 is 1.62 bits per heavy atom. The van der Waals surface area contributed by atoms with Crippen LogP contribution in [0.3, 0.4) is 0 Å². The van der Waals surface area contributed by atoms with Crippen molar-refractivity contribution in [1.29, 1.82) is 0 Å². The molecule has 0 aliphatic carbocycles. The van der Waals surface area contributed by atoms with E-state index in [9.17, 15) is 0 Å². The third kappa shape index (κ3) is 3.54. The van der Waals surface area contributed by atoms with E-state index >= 15 is 0 Å². The van der Waals surface area contributed by atoms with Crippen molar-refractivity contribution in [1.82, 2.24) is 9.78 Å². The maximum atomic E-state index is 4.08. The van der Waals surface area contributed by atoms with Gasteiger partial charge in [0.25, 0.3) is 0 Å². The predicted octanol–water partition coefficient (Wildman–Crippen LogP) is 2.99. The third-order valence-corrected chi connectivity index (χ3v) is 1.97. The summed E-state index contributed by atoms with van der Waals surface area (Å²) in [4.78, 5) is 0. The maximum Gasteiger partial charge on any atom is 2.00 e. The number of hydrogen-bond donors (Lipinski definition) is 0. The first-order valence-corrected chi connectivity index (χ1v) is 4.85. The molecule has 0 amide bonds. The van der Waals surface area contributed by atoms with Crippen LogP contribution in [-0.4, -0.2) is 9.78 Å². The molecule has 0 atom stereocenters. The molecule has 1 heterocycles. The van der Waals surface area contributed by atoms with Gasteiger partial charge in [0.2, 0.25) is 0 Å². The average Bonchev–Trinajstić information content (AvgIpc) is 3.06. The Morgan fingerprint density at radius 3 is 2.06 bits per heavy atom. The number of aromatic nitrogens is 2. The summed E-state index contributed by atoms with van der Waals surface area (Å²) in [5.74, 6) is 0. The van der Waals surface area contributed by atoms with Crippen molar-refractivity contribution in [3.05, 3.63) is 73.1 Å². The van der Waals surface area contributed by atoms with Crippen LogP contribution < -0.4 is 0 Å². The van der Waals surface area contributed by atoms with Gasteiger partial charge in [0.1, 0.15) is 0 Å². The van der Waals surface area contributed by atoms with E-state index in [2.05, 4.69) is 5.10 Å². The summed E-state index contributed by atoms with van der Waals surface area (Å²) in [6, 6.07) is 19.9. The Kier molecular flexibility index (Phi) is 5.34. The van der Waals surface area contributed by atoms with Gasteiger partial charge in [-0.3, -0.25) is 0 Å². The van der Waals surface area contributed by atoms with Crippen LogP contribution in [0.5, 0.6) is 0 Å². The molecular weight excluding hydrogens is 240 g/mol. The Bertz CT molecular complexity index is 389. The fraction of sp³-hybridized carbons (Fsp3) is 0. The third-order valence-electron chi connectivity index (χ3n) is 1.97. The van der Waals surface area contributed by atoms with Gasteiger partial charge < -0.3 is 4.68 Å². The summed E-state index contributed by atoms with van der Waals surface area (Å²) in [5.41, 5.74) is 1.12. The van der Waals surface area contributed by atoms with Crippen molar-refractivity contribution in [2.45, 2.75) is 0 Å². The first-order chi connectivity index (χ1) is 7.47. The van der Waals surface area contributed by atoms with E-state index in [0.717, 1.165) is 5.69 Å². The largest absolute Gasteiger partial charge is 2.00 e. The molecule has 3 rings (SSSR count). The van der Waals surface area contributed by atoms with Crippen molar-refractivity contribution in [2.24, 2.45) is 0 Å². The minimum absolute atomic E-state index is 0. The molecular formula is C13H12FeN2. The van der Waals surface area contributed by atoms with Gasteiger partial charge in [0.15, 0.2) is 0 Å². The van der Waals surface area contributed by atoms with Gasteiger partial charge in [-0.15, -0.1) is 12.1 Å². The fourth-order valence-corrected chi connectivity index (χ4v) is 1.26. The zero-order valence-electron chi connectivity index (χ0n) is 8.68. The maximum absolute atomic E-state index is 4.08. The molecule has 2 nitrogen and oxygen atoms in total. The predicted molar refractivity (Wildman–Crippen MR) is 61.2 cm³/mol. The second kappa shape index (κ2) is 6.83. The smallest absolute Gasteiger partial charge is 0.320 e. The molecule has 0 bridgehead atoms. The zero-order chi connectivity index (χ0) is 10.3. The van der Waals surface area contributed by atoms with Gasteiger partial charge in [0, 0.05) is 6.20 Å². The van der Waals surface area contributed by atoms with Gasteiger partial charge in [-0.1, -0.05) is 6.07 Å². The molecule has 0 radical (unpaired) electrons. The Morgan fingerprint density at radius 1 is 0.938 bits per heavy atom. The van der Waals surface area contributed by atoms with E-state index < -0.39 is 0 Å². The molecule has 0 aliphatic heterocycles. The van der Waals surface area contributed by atoms with Crippen molar-refractivity contribution in [3.63, 3.8) is 0 Å². The zero-order valence-corrected chi connectivity index (χ0v) is 9.78. The average molecular weight is 252 g/mol. The number of nitrogens with zero attached hydrogens (tertiary/aromatic N) is 2. The molecule has 3 aromatic rings. The molecule has 0 fully saturated rings. The quantitative estimate of drug-likeness (QED) is 0.481. The summed E-state index contributed by atoms with van der Waals surface area (Å²) < 4.78 is 1.83. The standard InChI is InChI=1S/C8H7N2.C5H5.Fe/c1-2-5-8(4-1)10-7-3-6-9-10;1-2-4-5-3-1;/h1-7H;1-5H;/q2*-1;+2. The van der Waals surface area contributed by atoms with Gasteiger partial charge in [0.05, 0.1) is 0 Å². The van der Waals surface area contributed by atoms with Crippen LogP contribution in [0.15, 0.2) is 73.1 Å². The minimum atomic E-state index is 0. The summed E-state index contributed by atoms with van der Waals surface area (Å²) in [7, 11) is 0. The van der Waals surface area contributed by atoms with Crippen molar-refractivity contribution >= 4 is 0 Å². The molecule has 16 heavy (non-hydrogen) atoms. The van der Waals surface area contributed by atoms with Gasteiger partial charge >= 0.3 is 17.1 Å². The number of hydrogen-bond acceptors (Lipinski definition) is 1. The SMILES string of the molecule is [Fe+2].c1cc[c-](-n2cccn2)c1.c1cc[cH-]c1. The van der Waals surface area contributed by atoms with E-state index in [1.165, 1.54) is 0 Å². The van der Waals surface area contributed by atoms with Gasteiger partial charge in [-0.25, -0.2) is 12.1 Å². The molecule has 0 aliphatic rings. The summed E-state index contributed by atoms with van der Waals surface area (Å²) in [6.07, 6.45) is 3.70. The molecule has 0 spiro atoms. The first kappa shape index (κ1) is 12.5. The second-order valence-corrected chi connectivity index (χ2v) is 3.06. The van der Waals surface area contributed by atoms with Crippen LogP contribution >= 0.6 is 0 Å². The molecule has 82 valence electrons. The fourth-order valence-electron chi connectivity index (χ4n) is 1.26. The molecule has 0 saturated heterocycles. The topological polar surface area (TPSA) is 17.8 Å². The number of rotatable bonds is 1. The summed E-state index contributed by atoms with van der Waals surface area (Å²) >= 11 is 0. The van der Waals surface area contributed by atoms with Gasteiger partial charge in [-0.05, 0) is 11.9 Å². The normalized spacial score (nSPS) is 8.75. The molecule has 3 heteroatoms. The molecule has 2 aromatic carbocycles. The van der Waals surface area contributed by atoms with Crippen LogP contribution in [0.1, 0.15) is 0 Å². The van der Waals surface area contributed by atoms with E-state index in [0.29, 0.717) is 0 Å². The molecule has 0 unspecified atom stereocenters. The van der Waals surface area contributed by atoms with Crippen molar-refractivity contribution < 1.29 is 17.1 Å². The van der Waals surface area contributed by atoms with Crippen molar-refractivity contribution in [2.75, 3.05) is 0 Å². The second-order valence-electron chi connectivity index (χ2n) is 3.06. The first-order valence-electron chi connectivity index (χ1n) is 4.85. The van der Waals surface area contributed by atoms with E-state index in [1.54, 1.807) is 6.20 Å². The summed E-state index contributed by atoms with van der Waals surface area (Å²) in [5, 5.41) is 4.08. The monoisotopic (exact) mass is 252 g/mol. The van der Waals surface area contributed by atoms with E-state index in [1.807, 2.05) is 71.5 Å². The molecule has 1 aromatic heterocycles. The van der Waals surface area contributed by atoms with Crippen LogP contribution in [-0.2, 0) is 17.1 Å². The Labute approximate surface area is 106 Å². The van der Waals surface area contributed by atoms with Crippen LogP contribution in [0, 0.1) is 0 Å². The molecule has 0 N–H and O–H groups in total. The van der Waals surface area contributed by atoms with Crippen LogP contribution in [0.25, 0.3) is 5.69 Å². The van der Waals surface area contributed by atoms with E-state index in [4.69, 9.17) is 0 Å². The molecule has 0 saturated carbocycles. The Balaban J connectivity index is 0.000000183. The van der Waals surface area contributed by atoms with E-state index in [-0.39, 0.29) is 17.1 Å².